The van der Waals surface area contributed by atoms with Crippen LogP contribution in [0.2, 0.25) is 0 Å². The predicted octanol–water partition coefficient (Wildman–Crippen LogP) is 3.70. The van der Waals surface area contributed by atoms with Crippen LogP contribution in [0.4, 0.5) is 0 Å². The number of Topliss-reactive ketones (excluding diaryl/α,β-unsaturated/α-hetero) is 1. The quantitative estimate of drug-likeness (QED) is 0.860. The Hall–Kier alpha value is -2.03. The maximum absolute atomic E-state index is 12.2. The van der Waals surface area contributed by atoms with Gasteiger partial charge < -0.3 is 9.30 Å². The summed E-state index contributed by atoms with van der Waals surface area (Å²) in [5.74, 6) is 1.13. The first-order valence-corrected chi connectivity index (χ1v) is 7.33. The van der Waals surface area contributed by atoms with Crippen LogP contribution in [0.3, 0.4) is 0 Å². The molecule has 1 aliphatic rings. The predicted molar refractivity (Wildman–Crippen MR) is 83.0 cm³/mol. The van der Waals surface area contributed by atoms with Crippen LogP contribution in [0.1, 0.15) is 41.9 Å². The van der Waals surface area contributed by atoms with Gasteiger partial charge in [0.1, 0.15) is 5.75 Å². The number of carbonyl (C=O) groups is 1. The van der Waals surface area contributed by atoms with E-state index < -0.39 is 0 Å². The van der Waals surface area contributed by atoms with Crippen LogP contribution in [0, 0.1) is 5.41 Å². The molecule has 3 heteroatoms. The highest BCUT2D eigenvalue weighted by Gasteiger charge is 2.32. The van der Waals surface area contributed by atoms with Crippen molar-refractivity contribution in [2.75, 3.05) is 7.11 Å². The Morgan fingerprint density at radius 1 is 1.24 bits per heavy atom. The summed E-state index contributed by atoms with van der Waals surface area (Å²) < 4.78 is 7.47. The number of benzene rings is 1. The second-order valence-electron chi connectivity index (χ2n) is 6.60. The zero-order valence-electron chi connectivity index (χ0n) is 12.8. The average Bonchev–Trinajstić information content (AvgIpc) is 2.81. The van der Waals surface area contributed by atoms with Crippen LogP contribution >= 0.6 is 0 Å². The highest BCUT2D eigenvalue weighted by molar-refractivity contribution is 5.98. The highest BCUT2D eigenvalue weighted by atomic mass is 16.5. The van der Waals surface area contributed by atoms with Crippen molar-refractivity contribution < 1.29 is 9.53 Å². The minimum atomic E-state index is 0.0502. The molecule has 3 nitrogen and oxygen atoms in total. The van der Waals surface area contributed by atoms with E-state index in [-0.39, 0.29) is 11.2 Å². The summed E-state index contributed by atoms with van der Waals surface area (Å²) in [6, 6.07) is 10.0. The number of ether oxygens (including phenoxy) is 1. The number of methoxy groups -OCH3 is 1. The van der Waals surface area contributed by atoms with Crippen molar-refractivity contribution in [2.24, 2.45) is 5.41 Å². The van der Waals surface area contributed by atoms with Gasteiger partial charge in [0.05, 0.1) is 7.11 Å². The molecule has 0 spiro atoms. The van der Waals surface area contributed by atoms with Crippen LogP contribution in [0.25, 0.3) is 0 Å². The number of fused-ring (bicyclic) bond motifs is 1. The van der Waals surface area contributed by atoms with Gasteiger partial charge >= 0.3 is 0 Å². The molecule has 0 saturated heterocycles. The molecule has 1 heterocycles. The highest BCUT2D eigenvalue weighted by Crippen LogP contribution is 2.35. The molecule has 1 aromatic heterocycles. The van der Waals surface area contributed by atoms with Crippen LogP contribution in [0.5, 0.6) is 5.75 Å². The van der Waals surface area contributed by atoms with Gasteiger partial charge in [-0.2, -0.15) is 0 Å². The van der Waals surface area contributed by atoms with Crippen LogP contribution in [0.15, 0.2) is 36.5 Å². The Bertz CT molecular complexity index is 682. The molecule has 21 heavy (non-hydrogen) atoms. The van der Waals surface area contributed by atoms with Crippen LogP contribution < -0.4 is 4.74 Å². The van der Waals surface area contributed by atoms with E-state index in [0.29, 0.717) is 6.42 Å². The zero-order chi connectivity index (χ0) is 15.0. The first-order chi connectivity index (χ1) is 9.98. The number of aromatic nitrogens is 1. The molecule has 3 rings (SSSR count). The molecule has 0 N–H and O–H groups in total. The Morgan fingerprint density at radius 3 is 2.81 bits per heavy atom. The number of hydrogen-bond donors (Lipinski definition) is 0. The third kappa shape index (κ3) is 2.73. The molecule has 0 amide bonds. The third-order valence-electron chi connectivity index (χ3n) is 4.15. The van der Waals surface area contributed by atoms with Gasteiger partial charge in [0.15, 0.2) is 5.78 Å². The van der Waals surface area contributed by atoms with E-state index in [1.165, 1.54) is 11.3 Å². The molecule has 0 fully saturated rings. The number of rotatable bonds is 3. The first kappa shape index (κ1) is 13.9. The minimum absolute atomic E-state index is 0.0502. The summed E-state index contributed by atoms with van der Waals surface area (Å²) in [5.41, 5.74) is 3.30. The van der Waals surface area contributed by atoms with E-state index in [2.05, 4.69) is 24.5 Å². The molecule has 0 radical (unpaired) electrons. The van der Waals surface area contributed by atoms with E-state index in [4.69, 9.17) is 4.74 Å². The third-order valence-corrected chi connectivity index (χ3v) is 4.15. The molecule has 0 aliphatic heterocycles. The van der Waals surface area contributed by atoms with Gasteiger partial charge in [-0.3, -0.25) is 4.79 Å². The minimum Gasteiger partial charge on any atom is -0.497 e. The van der Waals surface area contributed by atoms with Crippen LogP contribution in [-0.2, 0) is 13.0 Å². The topological polar surface area (TPSA) is 31.2 Å². The molecule has 0 unspecified atom stereocenters. The Morgan fingerprint density at radius 2 is 2.05 bits per heavy atom. The fraction of sp³-hybridized carbons (Fsp3) is 0.389. The second-order valence-corrected chi connectivity index (χ2v) is 6.60. The van der Waals surface area contributed by atoms with Crippen molar-refractivity contribution in [3.8, 4) is 5.75 Å². The molecule has 2 aromatic rings. The lowest BCUT2D eigenvalue weighted by Crippen LogP contribution is -2.28. The van der Waals surface area contributed by atoms with Gasteiger partial charge in [-0.15, -0.1) is 0 Å². The molecule has 0 atom stereocenters. The molecule has 1 aromatic carbocycles. The number of carbonyl (C=O) groups excluding carboxylic acids is 1. The monoisotopic (exact) mass is 283 g/mol. The standard InChI is InChI=1S/C18H21NO2/c1-18(2)10-16-15(17(20)11-18)7-8-19(16)12-13-5-4-6-14(9-13)21-3/h4-9H,10-12H2,1-3H3. The van der Waals surface area contributed by atoms with Crippen molar-refractivity contribution in [1.82, 2.24) is 4.57 Å². The lowest BCUT2D eigenvalue weighted by atomic mass is 9.76. The molecule has 0 saturated carbocycles. The number of ketones is 1. The van der Waals surface area contributed by atoms with Crippen molar-refractivity contribution >= 4 is 5.78 Å². The maximum atomic E-state index is 12.2. The van der Waals surface area contributed by atoms with Gasteiger partial charge in [-0.05, 0) is 35.6 Å². The first-order valence-electron chi connectivity index (χ1n) is 7.33. The summed E-state index contributed by atoms with van der Waals surface area (Å²) in [4.78, 5) is 12.2. The lowest BCUT2D eigenvalue weighted by Gasteiger charge is -2.29. The van der Waals surface area contributed by atoms with Gasteiger partial charge in [-0.1, -0.05) is 26.0 Å². The smallest absolute Gasteiger partial charge is 0.165 e. The van der Waals surface area contributed by atoms with Crippen molar-refractivity contribution in [1.29, 1.82) is 0 Å². The number of nitrogens with zero attached hydrogens (tertiary/aromatic N) is 1. The normalized spacial score (nSPS) is 16.6. The second kappa shape index (κ2) is 5.06. The SMILES string of the molecule is COc1cccc(Cn2ccc3c2CC(C)(C)CC3=O)c1. The summed E-state index contributed by atoms with van der Waals surface area (Å²) >= 11 is 0. The van der Waals surface area contributed by atoms with Gasteiger partial charge in [0.25, 0.3) is 0 Å². The Labute approximate surface area is 125 Å². The fourth-order valence-electron chi connectivity index (χ4n) is 3.12. The summed E-state index contributed by atoms with van der Waals surface area (Å²) in [5, 5.41) is 0. The fourth-order valence-corrected chi connectivity index (χ4v) is 3.12. The van der Waals surface area contributed by atoms with Crippen molar-refractivity contribution in [3.63, 3.8) is 0 Å². The Kier molecular flexibility index (Phi) is 3.36. The van der Waals surface area contributed by atoms with Gasteiger partial charge in [0.2, 0.25) is 0 Å². The van der Waals surface area contributed by atoms with E-state index in [1.54, 1.807) is 7.11 Å². The van der Waals surface area contributed by atoms with E-state index in [1.807, 2.05) is 30.5 Å². The average molecular weight is 283 g/mol. The molecular weight excluding hydrogens is 262 g/mol. The molecule has 1 aliphatic carbocycles. The maximum Gasteiger partial charge on any atom is 0.165 e. The van der Waals surface area contributed by atoms with E-state index in [0.717, 1.165) is 24.3 Å². The summed E-state index contributed by atoms with van der Waals surface area (Å²) in [6.07, 6.45) is 3.62. The lowest BCUT2D eigenvalue weighted by molar-refractivity contribution is 0.0910. The molecule has 0 bridgehead atoms. The molecular formula is C18H21NO2. The van der Waals surface area contributed by atoms with Gasteiger partial charge in [-0.25, -0.2) is 0 Å². The summed E-state index contributed by atoms with van der Waals surface area (Å²) in [6.45, 7) is 5.10. The molecule has 110 valence electrons. The zero-order valence-corrected chi connectivity index (χ0v) is 12.8. The van der Waals surface area contributed by atoms with Crippen molar-refractivity contribution in [3.05, 3.63) is 53.3 Å². The van der Waals surface area contributed by atoms with E-state index in [9.17, 15) is 4.79 Å². The van der Waals surface area contributed by atoms with E-state index >= 15 is 0 Å². The van der Waals surface area contributed by atoms with Crippen LogP contribution in [-0.4, -0.2) is 17.5 Å². The van der Waals surface area contributed by atoms with Crippen molar-refractivity contribution in [2.45, 2.75) is 33.2 Å². The Balaban J connectivity index is 1.92. The van der Waals surface area contributed by atoms with Gasteiger partial charge in [0, 0.05) is 30.4 Å². The summed E-state index contributed by atoms with van der Waals surface area (Å²) in [7, 11) is 1.68. The largest absolute Gasteiger partial charge is 0.497 e. The number of hydrogen-bond acceptors (Lipinski definition) is 2.